The smallest absolute Gasteiger partial charge is 0.0370 e. The second-order valence-corrected chi connectivity index (χ2v) is 21.4. The van der Waals surface area contributed by atoms with Gasteiger partial charge in [-0.15, -0.1) is 81.8 Å². The fourth-order valence-electron chi connectivity index (χ4n) is 4.23. The van der Waals surface area contributed by atoms with Crippen molar-refractivity contribution >= 4 is 73.4 Å². The van der Waals surface area contributed by atoms with E-state index in [0.29, 0.717) is 0 Å². The van der Waals surface area contributed by atoms with Gasteiger partial charge in [0.15, 0.2) is 0 Å². The molecule has 0 fully saturated rings. The first-order chi connectivity index (χ1) is 15.4. The third-order valence-corrected chi connectivity index (χ3v) is 5.52. The topological polar surface area (TPSA) is 0 Å². The summed E-state index contributed by atoms with van der Waals surface area (Å²) in [5, 5.41) is 10.8. The van der Waals surface area contributed by atoms with Gasteiger partial charge in [-0.25, -0.2) is 0 Å². The van der Waals surface area contributed by atoms with Crippen LogP contribution in [0.4, 0.5) is 0 Å². The Bertz CT molecular complexity index is 1430. The molecule has 0 radical (unpaired) electrons. The van der Waals surface area contributed by atoms with E-state index in [9.17, 15) is 0 Å². The molecule has 0 unspecified atom stereocenters. The third kappa shape index (κ3) is 6.70. The third-order valence-electron chi connectivity index (χ3n) is 5.52. The molecule has 0 aliphatic rings. The molecule has 0 spiro atoms. The van der Waals surface area contributed by atoms with Gasteiger partial charge in [-0.3, -0.25) is 0 Å². The minimum absolute atomic E-state index is 0. The van der Waals surface area contributed by atoms with Gasteiger partial charge in [0.2, 0.25) is 0 Å². The van der Waals surface area contributed by atoms with Crippen molar-refractivity contribution in [3.8, 4) is 0 Å². The van der Waals surface area contributed by atoms with Gasteiger partial charge in [-0.2, -0.15) is 12.1 Å². The summed E-state index contributed by atoms with van der Waals surface area (Å²) in [4.78, 5) is 0. The quantitative estimate of drug-likeness (QED) is 0.112. The van der Waals surface area contributed by atoms with Crippen molar-refractivity contribution in [3.05, 3.63) is 108 Å². The molecule has 0 nitrogen and oxygen atoms in total. The first-order valence-electron chi connectivity index (χ1n) is 11.0. The Morgan fingerprint density at radius 3 is 1.29 bits per heavy atom. The van der Waals surface area contributed by atoms with Crippen LogP contribution in [0.25, 0.3) is 43.1 Å². The van der Waals surface area contributed by atoms with E-state index in [0.717, 1.165) is 0 Å². The van der Waals surface area contributed by atoms with E-state index in [1.165, 1.54) is 77.2 Å². The van der Waals surface area contributed by atoms with Crippen molar-refractivity contribution in [2.24, 2.45) is 0 Å². The predicted octanol–water partition coefficient (Wildman–Crippen LogP) is 9.67. The zero-order valence-corrected chi connectivity index (χ0v) is 26.3. The fourth-order valence-corrected chi connectivity index (χ4v) is 4.23. The fraction of sp³-hybridized carbons (Fsp3) is 0.133. The summed E-state index contributed by atoms with van der Waals surface area (Å²) in [6, 6.07) is 34.9. The summed E-state index contributed by atoms with van der Waals surface area (Å²) in [5.74, 6) is 0. The predicted molar refractivity (Wildman–Crippen MR) is 156 cm³/mol. The number of halogens is 2. The summed E-state index contributed by atoms with van der Waals surface area (Å²) in [6.07, 6.45) is 0. The van der Waals surface area contributed by atoms with E-state index in [1.807, 2.05) is 0 Å². The van der Waals surface area contributed by atoms with E-state index in [2.05, 4.69) is 124 Å². The largest absolute Gasteiger partial charge is 0.165 e. The van der Waals surface area contributed by atoms with Crippen LogP contribution in [0.5, 0.6) is 0 Å². The van der Waals surface area contributed by atoms with E-state index in [-0.39, 0.29) is 30.3 Å². The maximum atomic E-state index is 2.33. The van der Waals surface area contributed by atoms with Crippen molar-refractivity contribution in [1.29, 1.82) is 0 Å². The zero-order chi connectivity index (χ0) is 22.7. The van der Waals surface area contributed by atoms with Crippen LogP contribution in [-0.2, 0) is 23.0 Å². The Morgan fingerprint density at radius 2 is 0.912 bits per heavy atom. The molecule has 0 saturated carbocycles. The van der Waals surface area contributed by atoms with Crippen molar-refractivity contribution in [2.45, 2.75) is 26.9 Å². The molecule has 0 amide bonds. The average molecular weight is 668 g/mol. The van der Waals surface area contributed by atoms with Gasteiger partial charge in [0.25, 0.3) is 0 Å². The maximum absolute atomic E-state index is 2.33. The molecular weight excluding hydrogens is 638 g/mol. The Balaban J connectivity index is 0.000000198. The van der Waals surface area contributed by atoms with E-state index in [1.54, 1.807) is 0 Å². The molecule has 6 aromatic rings. The number of hydrogen-bond donors (Lipinski definition) is 0. The SMILES string of the molecule is C[Si](C)=[Hf+2].Cc1cc2c(ccc3ccccc32)[cH-]1.Cc1cc2c(ccc3ccccc32)[cH-]1.Cl.Cl. The average Bonchev–Trinajstić information content (AvgIpc) is 3.35. The summed E-state index contributed by atoms with van der Waals surface area (Å²) in [6.45, 7) is 8.96. The molecule has 4 heteroatoms. The van der Waals surface area contributed by atoms with Crippen LogP contribution in [0.1, 0.15) is 11.1 Å². The maximum Gasteiger partial charge on any atom is -0.0370 e. The minimum atomic E-state index is 0. The molecule has 0 bridgehead atoms. The van der Waals surface area contributed by atoms with Crippen molar-refractivity contribution in [3.63, 3.8) is 0 Å². The molecule has 0 saturated heterocycles. The summed E-state index contributed by atoms with van der Waals surface area (Å²) in [7, 11) is 0. The van der Waals surface area contributed by atoms with Crippen LogP contribution in [0.3, 0.4) is 0 Å². The second kappa shape index (κ2) is 12.8. The van der Waals surface area contributed by atoms with Gasteiger partial charge in [-0.1, -0.05) is 85.3 Å². The molecule has 0 atom stereocenters. The van der Waals surface area contributed by atoms with Crippen molar-refractivity contribution < 1.29 is 23.0 Å². The number of fused-ring (bicyclic) bond motifs is 6. The van der Waals surface area contributed by atoms with Crippen molar-refractivity contribution in [2.75, 3.05) is 0 Å². The molecular formula is C30H30Cl2HfSi. The van der Waals surface area contributed by atoms with E-state index in [4.69, 9.17) is 0 Å². The molecule has 34 heavy (non-hydrogen) atoms. The molecule has 0 aliphatic carbocycles. The van der Waals surface area contributed by atoms with Crippen LogP contribution in [0, 0.1) is 13.8 Å². The molecule has 0 aliphatic heterocycles. The minimum Gasteiger partial charge on any atom is -0.165 e. The molecule has 0 N–H and O–H groups in total. The molecule has 172 valence electrons. The number of rotatable bonds is 0. The first kappa shape index (κ1) is 28.5. The number of hydrogen-bond acceptors (Lipinski definition) is 0. The van der Waals surface area contributed by atoms with Crippen LogP contribution < -0.4 is 0 Å². The van der Waals surface area contributed by atoms with Gasteiger partial charge in [0, 0.05) is 0 Å². The van der Waals surface area contributed by atoms with E-state index < -0.39 is 0 Å². The Labute approximate surface area is 230 Å². The second-order valence-electron chi connectivity index (χ2n) is 8.64. The molecule has 6 rings (SSSR count). The van der Waals surface area contributed by atoms with Crippen LogP contribution >= 0.6 is 24.8 Å². The van der Waals surface area contributed by atoms with Gasteiger partial charge in [0.05, 0.1) is 0 Å². The number of aryl methyl sites for hydroxylation is 2. The Morgan fingerprint density at radius 1 is 0.559 bits per heavy atom. The van der Waals surface area contributed by atoms with Crippen LogP contribution in [0.15, 0.2) is 97.1 Å². The van der Waals surface area contributed by atoms with Crippen LogP contribution in [0.2, 0.25) is 13.1 Å². The number of benzene rings is 4. The van der Waals surface area contributed by atoms with E-state index >= 15 is 0 Å². The van der Waals surface area contributed by atoms with Crippen molar-refractivity contribution in [1.82, 2.24) is 0 Å². The molecule has 6 aromatic carbocycles. The van der Waals surface area contributed by atoms with Crippen LogP contribution in [-0.4, -0.2) is 5.49 Å². The molecule has 0 aromatic heterocycles. The van der Waals surface area contributed by atoms with Gasteiger partial charge < -0.3 is 0 Å². The first-order valence-corrected chi connectivity index (χ1v) is 18.9. The normalized spacial score (nSPS) is 10.1. The van der Waals surface area contributed by atoms with Gasteiger partial charge in [0.1, 0.15) is 0 Å². The summed E-state index contributed by atoms with van der Waals surface area (Å²) in [5.41, 5.74) is 2.95. The monoisotopic (exact) mass is 668 g/mol. The zero-order valence-electron chi connectivity index (χ0n) is 20.1. The Kier molecular flexibility index (Phi) is 10.8. The van der Waals surface area contributed by atoms with Gasteiger partial charge in [-0.05, 0) is 10.8 Å². The molecule has 0 heterocycles. The standard InChI is InChI=1S/2C14H11.C2H6Si.2ClH.Hf/c2*1-10-8-12-7-6-11-4-2-3-5-13(11)14(12)9-10;1-3-2;;;/h2*2-9H,1H3;1-2H3;2*1H;/q2*-1;;;;+2. The Hall–Kier alpha value is -1.71. The summed E-state index contributed by atoms with van der Waals surface area (Å²) < 4.78 is 0. The van der Waals surface area contributed by atoms with Gasteiger partial charge >= 0.3 is 41.6 Å². The summed E-state index contributed by atoms with van der Waals surface area (Å²) >= 11 is 1.45.